The molecule has 5 atom stereocenters. The summed E-state index contributed by atoms with van der Waals surface area (Å²) in [5.74, 6) is -1.40. The molecule has 88 valence electrons. The summed E-state index contributed by atoms with van der Waals surface area (Å²) in [5, 5.41) is 23.1. The van der Waals surface area contributed by atoms with Crippen LogP contribution in [0.5, 0.6) is 0 Å². The number of nitro groups is 1. The van der Waals surface area contributed by atoms with Crippen molar-refractivity contribution in [3.63, 3.8) is 0 Å². The summed E-state index contributed by atoms with van der Waals surface area (Å²) in [5.41, 5.74) is -1.62. The molecule has 0 aromatic carbocycles. The fourth-order valence-corrected chi connectivity index (χ4v) is 2.64. The van der Waals surface area contributed by atoms with Gasteiger partial charge in [0, 0.05) is 11.3 Å². The van der Waals surface area contributed by atoms with Gasteiger partial charge < -0.3 is 19.9 Å². The van der Waals surface area contributed by atoms with Crippen LogP contribution in [0.2, 0.25) is 0 Å². The number of hydrogen-bond donors (Lipinski definition) is 2. The summed E-state index contributed by atoms with van der Waals surface area (Å²) in [6.07, 6.45) is -1.29. The Bertz CT molecular complexity index is 374. The Morgan fingerprint density at radius 2 is 2.38 bits per heavy atom. The molecule has 1 amide bonds. The van der Waals surface area contributed by atoms with E-state index in [1.165, 1.54) is 0 Å². The zero-order valence-electron chi connectivity index (χ0n) is 8.16. The highest BCUT2D eigenvalue weighted by Crippen LogP contribution is 2.42. The number of amides is 1. The first kappa shape index (κ1) is 9.94. The quantitative estimate of drug-likeness (QED) is 0.406. The molecule has 16 heavy (non-hydrogen) atoms. The number of nitrogens with zero attached hydrogens (tertiary/aromatic N) is 1. The minimum Gasteiger partial charge on any atom is -0.366 e. The summed E-state index contributed by atoms with van der Waals surface area (Å²) in [6, 6.07) is -1.37. The van der Waals surface area contributed by atoms with Gasteiger partial charge in [0.1, 0.15) is 0 Å². The summed E-state index contributed by atoms with van der Waals surface area (Å²) >= 11 is 0. The van der Waals surface area contributed by atoms with E-state index in [1.807, 2.05) is 0 Å². The van der Waals surface area contributed by atoms with Crippen LogP contribution in [0.3, 0.4) is 0 Å². The van der Waals surface area contributed by atoms with Crippen LogP contribution in [0, 0.1) is 16.0 Å². The Labute approximate surface area is 89.7 Å². The fraction of sp³-hybridized carbons (Fsp3) is 0.875. The molecule has 0 radical (unpaired) electrons. The molecule has 3 saturated heterocycles. The molecule has 8 nitrogen and oxygen atoms in total. The van der Waals surface area contributed by atoms with E-state index < -0.39 is 40.9 Å². The number of carbonyl (C=O) groups is 1. The second-order valence-electron chi connectivity index (χ2n) is 4.35. The van der Waals surface area contributed by atoms with E-state index in [0.717, 1.165) is 0 Å². The van der Waals surface area contributed by atoms with Crippen molar-refractivity contribution in [1.82, 2.24) is 5.32 Å². The van der Waals surface area contributed by atoms with Crippen LogP contribution in [0.25, 0.3) is 0 Å². The van der Waals surface area contributed by atoms with Crippen LogP contribution >= 0.6 is 0 Å². The maximum atomic E-state index is 11.5. The van der Waals surface area contributed by atoms with Gasteiger partial charge in [-0.05, 0) is 0 Å². The van der Waals surface area contributed by atoms with Gasteiger partial charge in [0.25, 0.3) is 11.9 Å². The van der Waals surface area contributed by atoms with Gasteiger partial charge in [-0.1, -0.05) is 0 Å². The molecule has 3 aliphatic heterocycles. The average Bonchev–Trinajstić information content (AvgIpc) is 2.60. The molecule has 0 unspecified atom stereocenters. The van der Waals surface area contributed by atoms with Crippen molar-refractivity contribution in [1.29, 1.82) is 0 Å². The smallest absolute Gasteiger partial charge is 0.297 e. The predicted octanol–water partition coefficient (Wildman–Crippen LogP) is -1.79. The standard InChI is InChI=1S/C8H10N2O6/c11-6-5(10(13)14)3-1-8(12,9-6)7-15-2-4(3)16-7/h3-5,7,12H,1-2H2,(H,9,11)/t3-,4-,5+,7-,8+/m1/s1. The van der Waals surface area contributed by atoms with Gasteiger partial charge in [-0.3, -0.25) is 14.9 Å². The number of fused-ring (bicyclic) bond motifs is 6. The topological polar surface area (TPSA) is 111 Å². The van der Waals surface area contributed by atoms with Crippen molar-refractivity contribution in [2.45, 2.75) is 30.6 Å². The first-order valence-corrected chi connectivity index (χ1v) is 4.96. The van der Waals surface area contributed by atoms with Crippen molar-refractivity contribution in [2.24, 2.45) is 5.92 Å². The molecule has 3 rings (SSSR count). The average molecular weight is 230 g/mol. The van der Waals surface area contributed by atoms with Crippen LogP contribution < -0.4 is 5.32 Å². The lowest BCUT2D eigenvalue weighted by molar-refractivity contribution is -0.526. The summed E-state index contributed by atoms with van der Waals surface area (Å²) < 4.78 is 10.5. The van der Waals surface area contributed by atoms with Crippen LogP contribution in [0.15, 0.2) is 0 Å². The molecular weight excluding hydrogens is 220 g/mol. The van der Waals surface area contributed by atoms with Crippen molar-refractivity contribution < 1.29 is 24.3 Å². The number of nitrogens with one attached hydrogen (secondary N) is 1. The minimum atomic E-state index is -1.62. The van der Waals surface area contributed by atoms with Gasteiger partial charge in [0.05, 0.1) is 18.6 Å². The van der Waals surface area contributed by atoms with Crippen molar-refractivity contribution in [2.75, 3.05) is 6.61 Å². The molecule has 8 heteroatoms. The van der Waals surface area contributed by atoms with Gasteiger partial charge in [-0.25, -0.2) is 0 Å². The van der Waals surface area contributed by atoms with E-state index in [1.54, 1.807) is 0 Å². The molecule has 0 aromatic heterocycles. The number of aliphatic hydroxyl groups is 1. The highest BCUT2D eigenvalue weighted by molar-refractivity contribution is 5.82. The normalized spacial score (nSPS) is 49.9. The highest BCUT2D eigenvalue weighted by atomic mass is 16.7. The SMILES string of the molecule is O=C1N[C@]2(O)C[C@@H]([C@@H]1[N+](=O)[O-])[C@H]1CO[C@@H]2O1. The summed E-state index contributed by atoms with van der Waals surface area (Å²) in [6.45, 7) is 0.178. The van der Waals surface area contributed by atoms with Crippen molar-refractivity contribution >= 4 is 5.91 Å². The Morgan fingerprint density at radius 3 is 3.06 bits per heavy atom. The molecular formula is C8H10N2O6. The van der Waals surface area contributed by atoms with Gasteiger partial charge in [-0.15, -0.1) is 0 Å². The monoisotopic (exact) mass is 230 g/mol. The van der Waals surface area contributed by atoms with Crippen LogP contribution in [0.1, 0.15) is 6.42 Å². The number of hydrogen-bond acceptors (Lipinski definition) is 6. The Balaban J connectivity index is 1.99. The molecule has 0 aromatic rings. The number of ether oxygens (including phenoxy) is 2. The molecule has 3 heterocycles. The molecule has 4 bridgehead atoms. The Morgan fingerprint density at radius 1 is 1.62 bits per heavy atom. The third kappa shape index (κ3) is 1.11. The minimum absolute atomic E-state index is 0.0969. The Hall–Kier alpha value is -1.25. The zero-order valence-corrected chi connectivity index (χ0v) is 8.16. The van der Waals surface area contributed by atoms with E-state index in [4.69, 9.17) is 9.47 Å². The summed E-state index contributed by atoms with van der Waals surface area (Å²) in [7, 11) is 0. The number of rotatable bonds is 1. The summed E-state index contributed by atoms with van der Waals surface area (Å²) in [4.78, 5) is 21.7. The number of piperidine rings is 1. The first-order valence-electron chi connectivity index (χ1n) is 4.96. The predicted molar refractivity (Wildman–Crippen MR) is 46.6 cm³/mol. The lowest BCUT2D eigenvalue weighted by Gasteiger charge is -2.44. The zero-order chi connectivity index (χ0) is 11.5. The van der Waals surface area contributed by atoms with E-state index in [-0.39, 0.29) is 13.0 Å². The van der Waals surface area contributed by atoms with E-state index >= 15 is 0 Å². The molecule has 0 spiro atoms. The highest BCUT2D eigenvalue weighted by Gasteiger charge is 2.63. The van der Waals surface area contributed by atoms with Gasteiger partial charge in [-0.2, -0.15) is 0 Å². The lowest BCUT2D eigenvalue weighted by Crippen LogP contribution is -2.70. The van der Waals surface area contributed by atoms with Crippen LogP contribution in [-0.2, 0) is 14.3 Å². The molecule has 3 aliphatic rings. The second kappa shape index (κ2) is 2.90. The van der Waals surface area contributed by atoms with E-state index in [2.05, 4.69) is 5.32 Å². The molecule has 0 saturated carbocycles. The maximum absolute atomic E-state index is 11.5. The van der Waals surface area contributed by atoms with Gasteiger partial charge in [0.15, 0.2) is 5.72 Å². The van der Waals surface area contributed by atoms with Gasteiger partial charge in [0.2, 0.25) is 6.29 Å². The van der Waals surface area contributed by atoms with E-state index in [9.17, 15) is 20.0 Å². The first-order chi connectivity index (χ1) is 7.51. The Kier molecular flexibility index (Phi) is 1.80. The van der Waals surface area contributed by atoms with Crippen molar-refractivity contribution in [3.8, 4) is 0 Å². The van der Waals surface area contributed by atoms with Gasteiger partial charge >= 0.3 is 0 Å². The largest absolute Gasteiger partial charge is 0.366 e. The molecule has 2 N–H and O–H groups in total. The van der Waals surface area contributed by atoms with Crippen LogP contribution in [-0.4, -0.2) is 46.7 Å². The fourth-order valence-electron chi connectivity index (χ4n) is 2.64. The molecule has 0 aliphatic carbocycles. The third-order valence-corrected chi connectivity index (χ3v) is 3.37. The van der Waals surface area contributed by atoms with Crippen LogP contribution in [0.4, 0.5) is 0 Å². The second-order valence-corrected chi connectivity index (χ2v) is 4.35. The third-order valence-electron chi connectivity index (χ3n) is 3.37. The number of carbonyl (C=O) groups excluding carboxylic acids is 1. The molecule has 3 fully saturated rings. The van der Waals surface area contributed by atoms with Crippen molar-refractivity contribution in [3.05, 3.63) is 10.1 Å². The van der Waals surface area contributed by atoms with E-state index in [0.29, 0.717) is 0 Å². The maximum Gasteiger partial charge on any atom is 0.297 e. The lowest BCUT2D eigenvalue weighted by atomic mass is 9.80.